The Morgan fingerprint density at radius 2 is 1.92 bits per heavy atom. The average molecular weight is 322 g/mol. The van der Waals surface area contributed by atoms with Crippen LogP contribution in [0.4, 0.5) is 6.01 Å². The number of benzene rings is 2. The first kappa shape index (κ1) is 15.1. The Morgan fingerprint density at radius 3 is 2.75 bits per heavy atom. The van der Waals surface area contributed by atoms with Crippen molar-refractivity contribution < 1.29 is 9.15 Å². The SMILES string of the molecule is COc1ccccc1-c1ccc2oc(NC3CCCCC3)nc2c1. The summed E-state index contributed by atoms with van der Waals surface area (Å²) in [5, 5.41) is 3.45. The van der Waals surface area contributed by atoms with Crippen molar-refractivity contribution in [2.75, 3.05) is 12.4 Å². The van der Waals surface area contributed by atoms with Crippen LogP contribution in [0.25, 0.3) is 22.2 Å². The van der Waals surface area contributed by atoms with E-state index in [9.17, 15) is 0 Å². The third-order valence-corrected chi connectivity index (χ3v) is 4.74. The number of ether oxygens (including phenoxy) is 1. The van der Waals surface area contributed by atoms with E-state index in [1.165, 1.54) is 32.1 Å². The van der Waals surface area contributed by atoms with Gasteiger partial charge in [-0.15, -0.1) is 0 Å². The van der Waals surface area contributed by atoms with Crippen LogP contribution in [0.3, 0.4) is 0 Å². The number of anilines is 1. The zero-order valence-electron chi connectivity index (χ0n) is 13.9. The summed E-state index contributed by atoms with van der Waals surface area (Å²) < 4.78 is 11.3. The Bertz CT molecular complexity index is 835. The number of fused-ring (bicyclic) bond motifs is 1. The van der Waals surface area contributed by atoms with Gasteiger partial charge in [0.05, 0.1) is 7.11 Å². The van der Waals surface area contributed by atoms with Crippen molar-refractivity contribution in [2.24, 2.45) is 0 Å². The molecule has 1 aliphatic rings. The molecule has 4 nitrogen and oxygen atoms in total. The molecule has 0 radical (unpaired) electrons. The summed E-state index contributed by atoms with van der Waals surface area (Å²) in [4.78, 5) is 4.63. The standard InChI is InChI=1S/C20H22N2O2/c1-23-18-10-6-5-9-16(18)14-11-12-19-17(13-14)22-20(24-19)21-15-7-3-2-4-8-15/h5-6,9-13,15H,2-4,7-8H2,1H3,(H,21,22). The summed E-state index contributed by atoms with van der Waals surface area (Å²) in [5.41, 5.74) is 3.83. The first-order valence-corrected chi connectivity index (χ1v) is 8.64. The van der Waals surface area contributed by atoms with Crippen molar-refractivity contribution in [1.82, 2.24) is 4.98 Å². The van der Waals surface area contributed by atoms with Gasteiger partial charge < -0.3 is 14.5 Å². The molecule has 1 aromatic heterocycles. The van der Waals surface area contributed by atoms with Crippen molar-refractivity contribution in [3.8, 4) is 16.9 Å². The molecule has 4 rings (SSSR count). The predicted octanol–water partition coefficient (Wildman–Crippen LogP) is 5.25. The predicted molar refractivity (Wildman–Crippen MR) is 96.5 cm³/mol. The number of oxazole rings is 1. The van der Waals surface area contributed by atoms with Gasteiger partial charge in [-0.3, -0.25) is 0 Å². The lowest BCUT2D eigenvalue weighted by molar-refractivity contribution is 0.416. The Balaban J connectivity index is 1.63. The van der Waals surface area contributed by atoms with Crippen LogP contribution in [0, 0.1) is 0 Å². The number of nitrogens with one attached hydrogen (secondary N) is 1. The molecule has 124 valence electrons. The normalized spacial score (nSPS) is 15.5. The highest BCUT2D eigenvalue weighted by Gasteiger charge is 2.16. The molecular weight excluding hydrogens is 300 g/mol. The van der Waals surface area contributed by atoms with E-state index in [0.29, 0.717) is 12.1 Å². The summed E-state index contributed by atoms with van der Waals surface area (Å²) in [7, 11) is 1.69. The maximum atomic E-state index is 5.86. The van der Waals surface area contributed by atoms with Crippen LogP contribution in [0.15, 0.2) is 46.9 Å². The van der Waals surface area contributed by atoms with Gasteiger partial charge in [-0.25, -0.2) is 0 Å². The van der Waals surface area contributed by atoms with Crippen LogP contribution >= 0.6 is 0 Å². The summed E-state index contributed by atoms with van der Waals surface area (Å²) >= 11 is 0. The summed E-state index contributed by atoms with van der Waals surface area (Å²) in [6.07, 6.45) is 6.32. The van der Waals surface area contributed by atoms with E-state index >= 15 is 0 Å². The van der Waals surface area contributed by atoms with Crippen LogP contribution in [0.1, 0.15) is 32.1 Å². The van der Waals surface area contributed by atoms with Crippen molar-refractivity contribution in [3.63, 3.8) is 0 Å². The Kier molecular flexibility index (Phi) is 4.11. The number of aromatic nitrogens is 1. The van der Waals surface area contributed by atoms with Crippen LogP contribution in [0.5, 0.6) is 5.75 Å². The lowest BCUT2D eigenvalue weighted by Gasteiger charge is -2.21. The third kappa shape index (κ3) is 2.96. The first-order chi connectivity index (χ1) is 11.8. The van der Waals surface area contributed by atoms with Gasteiger partial charge in [0.2, 0.25) is 0 Å². The molecule has 0 spiro atoms. The van der Waals surface area contributed by atoms with E-state index in [4.69, 9.17) is 9.15 Å². The number of methoxy groups -OCH3 is 1. The van der Waals surface area contributed by atoms with Gasteiger partial charge in [-0.05, 0) is 36.6 Å². The third-order valence-electron chi connectivity index (χ3n) is 4.74. The minimum absolute atomic E-state index is 0.487. The quantitative estimate of drug-likeness (QED) is 0.713. The number of hydrogen-bond acceptors (Lipinski definition) is 4. The highest BCUT2D eigenvalue weighted by molar-refractivity contribution is 5.83. The fraction of sp³-hybridized carbons (Fsp3) is 0.350. The van der Waals surface area contributed by atoms with Crippen molar-refractivity contribution in [1.29, 1.82) is 0 Å². The summed E-state index contributed by atoms with van der Waals surface area (Å²) in [5.74, 6) is 0.862. The molecule has 1 heterocycles. The lowest BCUT2D eigenvalue weighted by Crippen LogP contribution is -2.22. The van der Waals surface area contributed by atoms with Crippen LogP contribution in [-0.2, 0) is 0 Å². The highest BCUT2D eigenvalue weighted by atomic mass is 16.5. The molecule has 0 unspecified atom stereocenters. The second kappa shape index (κ2) is 6.56. The number of nitrogens with zero attached hydrogens (tertiary/aromatic N) is 1. The molecule has 2 aromatic carbocycles. The average Bonchev–Trinajstić information content (AvgIpc) is 3.03. The van der Waals surface area contributed by atoms with Gasteiger partial charge >= 0.3 is 0 Å². The molecular formula is C20H22N2O2. The van der Waals surface area contributed by atoms with Crippen LogP contribution in [0.2, 0.25) is 0 Å². The molecule has 1 N–H and O–H groups in total. The molecule has 3 aromatic rings. The Labute approximate surface area is 141 Å². The Morgan fingerprint density at radius 1 is 1.08 bits per heavy atom. The van der Waals surface area contributed by atoms with Gasteiger partial charge in [0.15, 0.2) is 5.58 Å². The zero-order chi connectivity index (χ0) is 16.4. The molecule has 0 bridgehead atoms. The zero-order valence-corrected chi connectivity index (χ0v) is 13.9. The van der Waals surface area contributed by atoms with Gasteiger partial charge in [0.25, 0.3) is 6.01 Å². The van der Waals surface area contributed by atoms with Crippen molar-refractivity contribution >= 4 is 17.1 Å². The first-order valence-electron chi connectivity index (χ1n) is 8.64. The fourth-order valence-electron chi connectivity index (χ4n) is 3.46. The number of hydrogen-bond donors (Lipinski definition) is 1. The molecule has 1 saturated carbocycles. The van der Waals surface area contributed by atoms with Crippen LogP contribution in [-0.4, -0.2) is 18.1 Å². The molecule has 0 atom stereocenters. The molecule has 1 aliphatic carbocycles. The number of rotatable bonds is 4. The molecule has 24 heavy (non-hydrogen) atoms. The van der Waals surface area contributed by atoms with E-state index in [1.807, 2.05) is 24.3 Å². The highest BCUT2D eigenvalue weighted by Crippen LogP contribution is 2.32. The molecule has 1 fully saturated rings. The summed E-state index contributed by atoms with van der Waals surface area (Å²) in [6, 6.07) is 15.2. The van der Waals surface area contributed by atoms with E-state index in [-0.39, 0.29) is 0 Å². The maximum absolute atomic E-state index is 5.86. The van der Waals surface area contributed by atoms with Crippen molar-refractivity contribution in [2.45, 2.75) is 38.1 Å². The largest absolute Gasteiger partial charge is 0.496 e. The minimum atomic E-state index is 0.487. The molecule has 0 amide bonds. The minimum Gasteiger partial charge on any atom is -0.496 e. The van der Waals surface area contributed by atoms with E-state index in [2.05, 4.69) is 28.5 Å². The van der Waals surface area contributed by atoms with E-state index in [1.54, 1.807) is 7.11 Å². The molecule has 0 saturated heterocycles. The lowest BCUT2D eigenvalue weighted by atomic mass is 9.96. The Hall–Kier alpha value is -2.49. The molecule has 4 heteroatoms. The van der Waals surface area contributed by atoms with E-state index in [0.717, 1.165) is 28.0 Å². The summed E-state index contributed by atoms with van der Waals surface area (Å²) in [6.45, 7) is 0. The van der Waals surface area contributed by atoms with Gasteiger partial charge in [0.1, 0.15) is 11.3 Å². The fourth-order valence-corrected chi connectivity index (χ4v) is 3.46. The molecule has 0 aliphatic heterocycles. The van der Waals surface area contributed by atoms with Gasteiger partial charge in [-0.1, -0.05) is 43.5 Å². The van der Waals surface area contributed by atoms with Gasteiger partial charge in [-0.2, -0.15) is 4.98 Å². The number of para-hydroxylation sites is 1. The topological polar surface area (TPSA) is 47.3 Å². The van der Waals surface area contributed by atoms with Gasteiger partial charge in [0, 0.05) is 11.6 Å². The maximum Gasteiger partial charge on any atom is 0.295 e. The smallest absolute Gasteiger partial charge is 0.295 e. The van der Waals surface area contributed by atoms with Crippen LogP contribution < -0.4 is 10.1 Å². The van der Waals surface area contributed by atoms with E-state index < -0.39 is 0 Å². The monoisotopic (exact) mass is 322 g/mol. The second-order valence-electron chi connectivity index (χ2n) is 6.38. The van der Waals surface area contributed by atoms with Crippen molar-refractivity contribution in [3.05, 3.63) is 42.5 Å². The second-order valence-corrected chi connectivity index (χ2v) is 6.38.